The summed E-state index contributed by atoms with van der Waals surface area (Å²) in [5, 5.41) is 6.54. The van der Waals surface area contributed by atoms with Crippen LogP contribution in [-0.4, -0.2) is 45.9 Å². The van der Waals surface area contributed by atoms with Crippen molar-refractivity contribution < 1.29 is 13.2 Å². The molecule has 1 aromatic rings. The van der Waals surface area contributed by atoms with E-state index in [1.54, 1.807) is 24.3 Å². The highest BCUT2D eigenvalue weighted by molar-refractivity contribution is 14.0. The van der Waals surface area contributed by atoms with Crippen molar-refractivity contribution in [2.24, 2.45) is 4.99 Å². The Morgan fingerprint density at radius 2 is 1.96 bits per heavy atom. The summed E-state index contributed by atoms with van der Waals surface area (Å²) in [6.07, 6.45) is 3.35. The van der Waals surface area contributed by atoms with Gasteiger partial charge in [0.1, 0.15) is 0 Å². The van der Waals surface area contributed by atoms with Crippen molar-refractivity contribution in [3.05, 3.63) is 29.8 Å². The molecular formula is C17H28IN3O3S. The number of hydrogen-bond donors (Lipinski definition) is 2. The van der Waals surface area contributed by atoms with E-state index in [-0.39, 0.29) is 29.6 Å². The van der Waals surface area contributed by atoms with Crippen LogP contribution >= 0.6 is 24.0 Å². The van der Waals surface area contributed by atoms with E-state index >= 15 is 0 Å². The lowest BCUT2D eigenvalue weighted by Crippen LogP contribution is -2.45. The van der Waals surface area contributed by atoms with Crippen LogP contribution in [0.5, 0.6) is 0 Å². The summed E-state index contributed by atoms with van der Waals surface area (Å²) in [6, 6.07) is 6.83. The zero-order chi connectivity index (χ0) is 17.6. The molecule has 2 N–H and O–H groups in total. The van der Waals surface area contributed by atoms with E-state index in [4.69, 9.17) is 4.74 Å². The molecule has 0 aliphatic carbocycles. The maximum Gasteiger partial charge on any atom is 0.191 e. The number of guanidine groups is 1. The molecule has 8 heteroatoms. The third-order valence-electron chi connectivity index (χ3n) is 4.05. The van der Waals surface area contributed by atoms with Gasteiger partial charge in [0.15, 0.2) is 15.8 Å². The van der Waals surface area contributed by atoms with Gasteiger partial charge in [0.25, 0.3) is 0 Å². The summed E-state index contributed by atoms with van der Waals surface area (Å²) in [6.45, 7) is 6.92. The maximum absolute atomic E-state index is 11.5. The molecule has 1 heterocycles. The molecule has 25 heavy (non-hydrogen) atoms. The molecule has 0 spiro atoms. The molecule has 142 valence electrons. The first-order valence-corrected chi connectivity index (χ1v) is 10.2. The first-order valence-electron chi connectivity index (χ1n) is 8.27. The van der Waals surface area contributed by atoms with Gasteiger partial charge >= 0.3 is 0 Å². The van der Waals surface area contributed by atoms with Crippen LogP contribution in [0.4, 0.5) is 0 Å². The van der Waals surface area contributed by atoms with Crippen LogP contribution < -0.4 is 10.6 Å². The number of sulfone groups is 1. The first kappa shape index (κ1) is 22.2. The largest absolute Gasteiger partial charge is 0.373 e. The summed E-state index contributed by atoms with van der Waals surface area (Å²) < 4.78 is 28.7. The lowest BCUT2D eigenvalue weighted by Gasteiger charge is -2.24. The molecule has 0 amide bonds. The summed E-state index contributed by atoms with van der Waals surface area (Å²) in [4.78, 5) is 4.88. The van der Waals surface area contributed by atoms with E-state index in [9.17, 15) is 8.42 Å². The summed E-state index contributed by atoms with van der Waals surface area (Å²) in [7, 11) is -3.16. The van der Waals surface area contributed by atoms with Gasteiger partial charge in [-0.25, -0.2) is 13.4 Å². The molecule has 0 bridgehead atoms. The molecule has 0 aromatic heterocycles. The molecule has 2 rings (SSSR count). The molecule has 1 aliphatic heterocycles. The Labute approximate surface area is 167 Å². The van der Waals surface area contributed by atoms with Crippen LogP contribution in [0.15, 0.2) is 34.2 Å². The molecule has 6 nitrogen and oxygen atoms in total. The molecule has 0 radical (unpaired) electrons. The molecule has 1 saturated heterocycles. The van der Waals surface area contributed by atoms with Crippen molar-refractivity contribution in [1.29, 1.82) is 0 Å². The maximum atomic E-state index is 11.5. The predicted molar refractivity (Wildman–Crippen MR) is 111 cm³/mol. The Morgan fingerprint density at radius 1 is 1.28 bits per heavy atom. The zero-order valence-electron chi connectivity index (χ0n) is 15.0. The third kappa shape index (κ3) is 7.10. The van der Waals surface area contributed by atoms with Crippen molar-refractivity contribution in [1.82, 2.24) is 10.6 Å². The Bertz CT molecular complexity index is 669. The van der Waals surface area contributed by atoms with Crippen LogP contribution in [-0.2, 0) is 21.1 Å². The second-order valence-corrected chi connectivity index (χ2v) is 8.38. The van der Waals surface area contributed by atoms with E-state index in [1.165, 1.54) is 6.26 Å². The monoisotopic (exact) mass is 481 g/mol. The third-order valence-corrected chi connectivity index (χ3v) is 5.17. The highest BCUT2D eigenvalue weighted by atomic mass is 127. The summed E-state index contributed by atoms with van der Waals surface area (Å²) in [5.74, 6) is 0.737. The van der Waals surface area contributed by atoms with E-state index in [1.807, 2.05) is 6.92 Å². The minimum absolute atomic E-state index is 0. The van der Waals surface area contributed by atoms with Gasteiger partial charge in [-0.3, -0.25) is 0 Å². The van der Waals surface area contributed by atoms with Gasteiger partial charge in [-0.2, -0.15) is 0 Å². The Balaban J connectivity index is 0.00000312. The van der Waals surface area contributed by atoms with Crippen LogP contribution in [0, 0.1) is 0 Å². The average Bonchev–Trinajstić information content (AvgIpc) is 2.97. The number of ether oxygens (including phenoxy) is 1. The fourth-order valence-corrected chi connectivity index (χ4v) is 3.23. The molecular weight excluding hydrogens is 453 g/mol. The summed E-state index contributed by atoms with van der Waals surface area (Å²) in [5.41, 5.74) is 0.829. The minimum Gasteiger partial charge on any atom is -0.373 e. The van der Waals surface area contributed by atoms with E-state index in [2.05, 4.69) is 22.5 Å². The van der Waals surface area contributed by atoms with Gasteiger partial charge in [-0.05, 0) is 44.4 Å². The highest BCUT2D eigenvalue weighted by Gasteiger charge is 2.29. The fourth-order valence-electron chi connectivity index (χ4n) is 2.60. The molecule has 1 atom stereocenters. The number of halogens is 1. The topological polar surface area (TPSA) is 79.8 Å². The van der Waals surface area contributed by atoms with Gasteiger partial charge in [-0.15, -0.1) is 24.0 Å². The molecule has 1 fully saturated rings. The highest BCUT2D eigenvalue weighted by Crippen LogP contribution is 2.23. The zero-order valence-corrected chi connectivity index (χ0v) is 18.2. The number of rotatable bonds is 6. The fraction of sp³-hybridized carbons (Fsp3) is 0.588. The van der Waals surface area contributed by atoms with Gasteiger partial charge in [0.2, 0.25) is 0 Å². The van der Waals surface area contributed by atoms with Crippen LogP contribution in [0.1, 0.15) is 32.3 Å². The Kier molecular flexibility index (Phi) is 8.62. The van der Waals surface area contributed by atoms with Gasteiger partial charge in [0.05, 0.1) is 17.0 Å². The number of nitrogens with one attached hydrogen (secondary N) is 2. The summed E-state index contributed by atoms with van der Waals surface area (Å²) >= 11 is 0. The van der Waals surface area contributed by atoms with Crippen LogP contribution in [0.3, 0.4) is 0 Å². The first-order chi connectivity index (χ1) is 11.3. The van der Waals surface area contributed by atoms with Crippen molar-refractivity contribution in [2.75, 3.05) is 26.0 Å². The normalized spacial score (nSPS) is 20.8. The van der Waals surface area contributed by atoms with Gasteiger partial charge < -0.3 is 15.4 Å². The molecule has 1 aliphatic rings. The number of hydrogen-bond acceptors (Lipinski definition) is 4. The van der Waals surface area contributed by atoms with Crippen molar-refractivity contribution >= 4 is 39.8 Å². The Hall–Kier alpha value is -0.870. The van der Waals surface area contributed by atoms with E-state index in [0.29, 0.717) is 18.0 Å². The van der Waals surface area contributed by atoms with Crippen LogP contribution in [0.25, 0.3) is 0 Å². The van der Waals surface area contributed by atoms with Crippen LogP contribution in [0.2, 0.25) is 0 Å². The molecule has 1 unspecified atom stereocenters. The average molecular weight is 481 g/mol. The number of aliphatic imine (C=N–C) groups is 1. The second-order valence-electron chi connectivity index (χ2n) is 6.37. The van der Waals surface area contributed by atoms with Gasteiger partial charge in [0, 0.05) is 26.0 Å². The lowest BCUT2D eigenvalue weighted by atomic mass is 10.0. The lowest BCUT2D eigenvalue weighted by molar-refractivity contribution is 0.0243. The Morgan fingerprint density at radius 3 is 2.48 bits per heavy atom. The predicted octanol–water partition coefficient (Wildman–Crippen LogP) is 2.33. The van der Waals surface area contributed by atoms with Crippen molar-refractivity contribution in [3.8, 4) is 0 Å². The quantitative estimate of drug-likeness (QED) is 0.371. The SMILES string of the molecule is CCNC(=NCc1ccc(S(C)(=O)=O)cc1)NCC1(C)CCCO1.I. The van der Waals surface area contributed by atoms with Crippen molar-refractivity contribution in [3.63, 3.8) is 0 Å². The second kappa shape index (κ2) is 9.72. The standard InChI is InChI=1S/C17H27N3O3S.HI/c1-4-18-16(20-13-17(2)10-5-11-23-17)19-12-14-6-8-15(9-7-14)24(3,21)22;/h6-9H,4-5,10-13H2,1-3H3,(H2,18,19,20);1H. The molecule has 0 saturated carbocycles. The number of benzene rings is 1. The number of nitrogens with zero attached hydrogens (tertiary/aromatic N) is 1. The van der Waals surface area contributed by atoms with Crippen molar-refractivity contribution in [2.45, 2.75) is 43.7 Å². The molecule has 1 aromatic carbocycles. The van der Waals surface area contributed by atoms with Gasteiger partial charge in [-0.1, -0.05) is 12.1 Å². The minimum atomic E-state index is -3.16. The van der Waals surface area contributed by atoms with E-state index in [0.717, 1.165) is 37.5 Å². The van der Waals surface area contributed by atoms with E-state index < -0.39 is 9.84 Å². The smallest absolute Gasteiger partial charge is 0.191 e.